The molecular formula is C22H27NO5S. The molecule has 0 spiro atoms. The van der Waals surface area contributed by atoms with Crippen molar-refractivity contribution in [2.75, 3.05) is 31.9 Å². The highest BCUT2D eigenvalue weighted by Crippen LogP contribution is 2.39. The van der Waals surface area contributed by atoms with E-state index in [1.165, 1.54) is 0 Å². The van der Waals surface area contributed by atoms with Gasteiger partial charge >= 0.3 is 0 Å². The molecule has 1 atom stereocenters. The number of hydrogen-bond donors (Lipinski definition) is 1. The zero-order chi connectivity index (χ0) is 21.0. The van der Waals surface area contributed by atoms with Crippen LogP contribution in [0.1, 0.15) is 32.3 Å². The highest BCUT2D eigenvalue weighted by molar-refractivity contribution is 7.85. The molecule has 6 nitrogen and oxygen atoms in total. The molecule has 0 fully saturated rings. The smallest absolute Gasteiger partial charge is 0.234 e. The van der Waals surface area contributed by atoms with Crippen LogP contribution >= 0.6 is 0 Å². The summed E-state index contributed by atoms with van der Waals surface area (Å²) in [6, 6.07) is 11.0. The lowest BCUT2D eigenvalue weighted by Gasteiger charge is -2.16. The van der Waals surface area contributed by atoms with Crippen molar-refractivity contribution in [2.45, 2.75) is 37.0 Å². The first-order chi connectivity index (χ1) is 13.9. The molecule has 2 aromatic carbocycles. The van der Waals surface area contributed by atoms with Gasteiger partial charge in [-0.25, -0.2) is 0 Å². The van der Waals surface area contributed by atoms with Crippen LogP contribution in [0.25, 0.3) is 0 Å². The maximum Gasteiger partial charge on any atom is 0.234 e. The minimum atomic E-state index is -1.10. The van der Waals surface area contributed by atoms with Gasteiger partial charge in [0, 0.05) is 22.4 Å². The van der Waals surface area contributed by atoms with Gasteiger partial charge in [0.2, 0.25) is 5.91 Å². The molecule has 0 aromatic heterocycles. The zero-order valence-corrected chi connectivity index (χ0v) is 18.1. The molecule has 0 radical (unpaired) electrons. The predicted molar refractivity (Wildman–Crippen MR) is 114 cm³/mol. The highest BCUT2D eigenvalue weighted by Gasteiger charge is 2.38. The predicted octanol–water partition coefficient (Wildman–Crippen LogP) is 3.90. The van der Waals surface area contributed by atoms with Gasteiger partial charge < -0.3 is 19.5 Å². The number of amides is 1. The van der Waals surface area contributed by atoms with E-state index in [1.54, 1.807) is 32.4 Å². The number of hydrogen-bond acceptors (Lipinski definition) is 5. The van der Waals surface area contributed by atoms with Crippen LogP contribution in [0.2, 0.25) is 0 Å². The van der Waals surface area contributed by atoms with Crippen molar-refractivity contribution < 1.29 is 23.2 Å². The van der Waals surface area contributed by atoms with Crippen LogP contribution in [-0.4, -0.2) is 36.7 Å². The van der Waals surface area contributed by atoms with E-state index in [2.05, 4.69) is 5.32 Å². The molecule has 1 aliphatic rings. The molecule has 1 heterocycles. The van der Waals surface area contributed by atoms with Crippen molar-refractivity contribution in [1.82, 2.24) is 0 Å². The quantitative estimate of drug-likeness (QED) is 0.627. The molecule has 0 bridgehead atoms. The number of fused-ring (bicyclic) bond motifs is 1. The Labute approximate surface area is 174 Å². The van der Waals surface area contributed by atoms with Crippen molar-refractivity contribution in [3.8, 4) is 17.2 Å². The fourth-order valence-corrected chi connectivity index (χ4v) is 4.40. The van der Waals surface area contributed by atoms with Gasteiger partial charge in [-0.05, 0) is 62.6 Å². The third-order valence-corrected chi connectivity index (χ3v) is 6.53. The summed E-state index contributed by atoms with van der Waals surface area (Å²) < 4.78 is 28.8. The third-order valence-electron chi connectivity index (χ3n) is 5.09. The molecule has 29 heavy (non-hydrogen) atoms. The summed E-state index contributed by atoms with van der Waals surface area (Å²) in [5.41, 5.74) is 1.25. The highest BCUT2D eigenvalue weighted by atomic mass is 32.2. The largest absolute Gasteiger partial charge is 0.494 e. The van der Waals surface area contributed by atoms with Gasteiger partial charge in [0.1, 0.15) is 5.75 Å². The van der Waals surface area contributed by atoms with E-state index in [0.717, 1.165) is 34.7 Å². The SMILES string of the molecule is COc1ccc(S(=O)CCCCOc2ccc3c(c2)C(C)(C)C(=O)N3)cc1OC. The van der Waals surface area contributed by atoms with Gasteiger partial charge in [0.25, 0.3) is 0 Å². The van der Waals surface area contributed by atoms with E-state index in [4.69, 9.17) is 14.2 Å². The lowest BCUT2D eigenvalue weighted by molar-refractivity contribution is -0.119. The van der Waals surface area contributed by atoms with Crippen LogP contribution in [0.4, 0.5) is 5.69 Å². The second kappa shape index (κ2) is 8.86. The molecule has 0 saturated carbocycles. The van der Waals surface area contributed by atoms with Crippen molar-refractivity contribution in [2.24, 2.45) is 0 Å². The average Bonchev–Trinajstić information content (AvgIpc) is 2.95. The van der Waals surface area contributed by atoms with Crippen LogP contribution in [0.5, 0.6) is 17.2 Å². The molecule has 0 saturated heterocycles. The fraction of sp³-hybridized carbons (Fsp3) is 0.409. The number of unbranched alkanes of at least 4 members (excludes halogenated alkanes) is 1. The number of rotatable bonds is 9. The summed E-state index contributed by atoms with van der Waals surface area (Å²) in [5, 5.41) is 2.89. The van der Waals surface area contributed by atoms with Crippen molar-refractivity contribution in [3.05, 3.63) is 42.0 Å². The summed E-state index contributed by atoms with van der Waals surface area (Å²) in [5.74, 6) is 2.50. The molecule has 0 aliphatic carbocycles. The molecular weight excluding hydrogens is 390 g/mol. The molecule has 1 N–H and O–H groups in total. The van der Waals surface area contributed by atoms with E-state index in [-0.39, 0.29) is 5.91 Å². The second-order valence-electron chi connectivity index (χ2n) is 7.41. The number of benzene rings is 2. The third kappa shape index (κ3) is 4.56. The number of nitrogens with one attached hydrogen (secondary N) is 1. The fourth-order valence-electron chi connectivity index (χ4n) is 3.24. The Morgan fingerprint density at radius 3 is 2.48 bits per heavy atom. The van der Waals surface area contributed by atoms with E-state index in [1.807, 2.05) is 32.0 Å². The molecule has 156 valence electrons. The van der Waals surface area contributed by atoms with E-state index in [0.29, 0.717) is 23.9 Å². The number of carbonyl (C=O) groups excluding carboxylic acids is 1. The van der Waals surface area contributed by atoms with Crippen molar-refractivity contribution in [1.29, 1.82) is 0 Å². The second-order valence-corrected chi connectivity index (χ2v) is 8.98. The van der Waals surface area contributed by atoms with Gasteiger partial charge in [0.05, 0.1) is 37.0 Å². The van der Waals surface area contributed by atoms with Crippen molar-refractivity contribution >= 4 is 22.4 Å². The zero-order valence-electron chi connectivity index (χ0n) is 17.2. The van der Waals surface area contributed by atoms with E-state index >= 15 is 0 Å². The monoisotopic (exact) mass is 417 g/mol. The Kier molecular flexibility index (Phi) is 6.47. The summed E-state index contributed by atoms with van der Waals surface area (Å²) in [6.07, 6.45) is 1.56. The minimum absolute atomic E-state index is 0.00212. The number of anilines is 1. The Balaban J connectivity index is 1.48. The van der Waals surface area contributed by atoms with Gasteiger partial charge in [-0.2, -0.15) is 0 Å². The summed E-state index contributed by atoms with van der Waals surface area (Å²) in [6.45, 7) is 4.34. The first-order valence-electron chi connectivity index (χ1n) is 9.56. The number of methoxy groups -OCH3 is 2. The number of carbonyl (C=O) groups is 1. The summed E-state index contributed by atoms with van der Waals surface area (Å²) >= 11 is 0. The van der Waals surface area contributed by atoms with Gasteiger partial charge in [-0.1, -0.05) is 0 Å². The van der Waals surface area contributed by atoms with Crippen molar-refractivity contribution in [3.63, 3.8) is 0 Å². The Bertz CT molecular complexity index is 925. The topological polar surface area (TPSA) is 73.9 Å². The summed E-state index contributed by atoms with van der Waals surface area (Å²) in [7, 11) is 2.03. The van der Waals surface area contributed by atoms with E-state index < -0.39 is 16.2 Å². The average molecular weight is 418 g/mol. The molecule has 7 heteroatoms. The first kappa shape index (κ1) is 21.2. The normalized spacial score (nSPS) is 15.4. The lowest BCUT2D eigenvalue weighted by atomic mass is 9.86. The van der Waals surface area contributed by atoms with Crippen LogP contribution in [0, 0.1) is 0 Å². The van der Waals surface area contributed by atoms with Crippen LogP contribution in [0.3, 0.4) is 0 Å². The van der Waals surface area contributed by atoms with Crippen LogP contribution in [-0.2, 0) is 21.0 Å². The molecule has 3 rings (SSSR count). The van der Waals surface area contributed by atoms with Gasteiger partial charge in [0.15, 0.2) is 11.5 Å². The molecule has 2 aromatic rings. The standard InChI is InChI=1S/C22H27NO5S/c1-22(2)17-13-15(7-9-18(17)23-21(22)24)28-11-5-6-12-29(25)16-8-10-19(26-3)20(14-16)27-4/h7-10,13-14H,5-6,11-12H2,1-4H3,(H,23,24). The Morgan fingerprint density at radius 2 is 1.76 bits per heavy atom. The molecule has 1 aliphatic heterocycles. The van der Waals surface area contributed by atoms with Crippen LogP contribution in [0.15, 0.2) is 41.3 Å². The van der Waals surface area contributed by atoms with Crippen LogP contribution < -0.4 is 19.5 Å². The first-order valence-corrected chi connectivity index (χ1v) is 10.9. The Morgan fingerprint density at radius 1 is 1.00 bits per heavy atom. The Hall–Kier alpha value is -2.54. The number of ether oxygens (including phenoxy) is 3. The molecule has 1 amide bonds. The minimum Gasteiger partial charge on any atom is -0.494 e. The maximum absolute atomic E-state index is 12.5. The maximum atomic E-state index is 12.5. The lowest BCUT2D eigenvalue weighted by Crippen LogP contribution is -2.26. The van der Waals surface area contributed by atoms with E-state index in [9.17, 15) is 9.00 Å². The summed E-state index contributed by atoms with van der Waals surface area (Å²) in [4.78, 5) is 12.7. The van der Waals surface area contributed by atoms with Gasteiger partial charge in [-0.3, -0.25) is 9.00 Å². The van der Waals surface area contributed by atoms with Gasteiger partial charge in [-0.15, -0.1) is 0 Å². The molecule has 1 unspecified atom stereocenters.